The van der Waals surface area contributed by atoms with E-state index in [2.05, 4.69) is 11.6 Å². The van der Waals surface area contributed by atoms with Crippen LogP contribution in [0.3, 0.4) is 0 Å². The molecule has 1 fully saturated rings. The van der Waals surface area contributed by atoms with Crippen molar-refractivity contribution in [2.75, 3.05) is 12.3 Å². The maximum Gasteiger partial charge on any atom is 0.262 e. The topological polar surface area (TPSA) is 72.3 Å². The van der Waals surface area contributed by atoms with Gasteiger partial charge in [0.05, 0.1) is 10.9 Å². The lowest BCUT2D eigenvalue weighted by atomic mass is 10.2. The lowest BCUT2D eigenvalue weighted by Gasteiger charge is -2.15. The Morgan fingerprint density at radius 3 is 2.58 bits per heavy atom. The molecule has 0 saturated carbocycles. The molecular formula is C17H17N3O3S. The third-order valence-electron chi connectivity index (χ3n) is 3.84. The number of rotatable bonds is 6. The van der Waals surface area contributed by atoms with Gasteiger partial charge in [-0.25, -0.2) is 4.98 Å². The Bertz CT molecular complexity index is 859. The number of carbonyl (C=O) groups excluding carboxylic acids is 2. The van der Waals surface area contributed by atoms with Crippen LogP contribution in [0, 0.1) is 0 Å². The monoisotopic (exact) mass is 343 g/mol. The largest absolute Gasteiger partial charge is 0.283 e. The van der Waals surface area contributed by atoms with Crippen LogP contribution in [-0.4, -0.2) is 38.6 Å². The second kappa shape index (κ2) is 7.00. The number of hydrogen-bond donors (Lipinski definition) is 0. The molecule has 7 heteroatoms. The van der Waals surface area contributed by atoms with Gasteiger partial charge in [0.1, 0.15) is 0 Å². The van der Waals surface area contributed by atoms with Crippen LogP contribution in [0.2, 0.25) is 0 Å². The van der Waals surface area contributed by atoms with Crippen LogP contribution in [-0.2, 0) is 16.1 Å². The highest BCUT2D eigenvalue weighted by Crippen LogP contribution is 2.19. The highest BCUT2D eigenvalue weighted by atomic mass is 32.2. The van der Waals surface area contributed by atoms with Gasteiger partial charge in [0.25, 0.3) is 5.56 Å². The zero-order valence-corrected chi connectivity index (χ0v) is 13.9. The van der Waals surface area contributed by atoms with Gasteiger partial charge in [-0.2, -0.15) is 0 Å². The van der Waals surface area contributed by atoms with Gasteiger partial charge in [-0.05, 0) is 12.1 Å². The van der Waals surface area contributed by atoms with E-state index in [1.165, 1.54) is 16.7 Å². The van der Waals surface area contributed by atoms with Gasteiger partial charge in [0.15, 0.2) is 5.16 Å². The minimum Gasteiger partial charge on any atom is -0.283 e. The molecule has 1 aromatic carbocycles. The molecule has 1 aliphatic heterocycles. The van der Waals surface area contributed by atoms with E-state index < -0.39 is 0 Å². The number of likely N-dealkylation sites (tertiary alicyclic amines) is 1. The first-order chi connectivity index (χ1) is 11.6. The molecule has 2 amide bonds. The van der Waals surface area contributed by atoms with Gasteiger partial charge < -0.3 is 0 Å². The van der Waals surface area contributed by atoms with Crippen molar-refractivity contribution in [3.8, 4) is 0 Å². The molecule has 0 radical (unpaired) electrons. The summed E-state index contributed by atoms with van der Waals surface area (Å²) in [6, 6.07) is 7.19. The van der Waals surface area contributed by atoms with E-state index in [1.807, 2.05) is 6.07 Å². The quantitative estimate of drug-likeness (QED) is 0.346. The molecule has 1 saturated heterocycles. The minimum absolute atomic E-state index is 0.115. The minimum atomic E-state index is -0.129. The smallest absolute Gasteiger partial charge is 0.262 e. The number of benzene rings is 1. The molecule has 0 bridgehead atoms. The third kappa shape index (κ3) is 3.12. The average molecular weight is 343 g/mol. The Kier molecular flexibility index (Phi) is 4.80. The Morgan fingerprint density at radius 2 is 1.88 bits per heavy atom. The normalized spacial score (nSPS) is 14.6. The van der Waals surface area contributed by atoms with Crippen LogP contribution in [0.15, 0.2) is 46.9 Å². The molecule has 0 unspecified atom stereocenters. The average Bonchev–Trinajstić information content (AvgIpc) is 2.90. The van der Waals surface area contributed by atoms with Crippen molar-refractivity contribution >= 4 is 34.5 Å². The zero-order valence-electron chi connectivity index (χ0n) is 13.1. The number of thioether (sulfide) groups is 1. The molecule has 124 valence electrons. The number of hydrogen-bond acceptors (Lipinski definition) is 5. The number of fused-ring (bicyclic) bond motifs is 1. The molecule has 1 aromatic heterocycles. The summed E-state index contributed by atoms with van der Waals surface area (Å²) in [6.07, 6.45) is 2.23. The molecule has 0 atom stereocenters. The van der Waals surface area contributed by atoms with E-state index >= 15 is 0 Å². The number of amides is 2. The van der Waals surface area contributed by atoms with Crippen LogP contribution >= 0.6 is 11.8 Å². The maximum atomic E-state index is 12.6. The van der Waals surface area contributed by atoms with Gasteiger partial charge in [0, 0.05) is 31.7 Å². The molecule has 3 rings (SSSR count). The van der Waals surface area contributed by atoms with Gasteiger partial charge in [-0.15, -0.1) is 6.58 Å². The van der Waals surface area contributed by atoms with Crippen LogP contribution in [0.25, 0.3) is 10.9 Å². The Morgan fingerprint density at radius 1 is 1.17 bits per heavy atom. The number of carbonyl (C=O) groups is 2. The van der Waals surface area contributed by atoms with E-state index in [0.29, 0.717) is 47.7 Å². The number of allylic oxidation sites excluding steroid dienone is 1. The third-order valence-corrected chi connectivity index (χ3v) is 4.80. The molecule has 0 spiro atoms. The highest BCUT2D eigenvalue weighted by molar-refractivity contribution is 7.99. The SMILES string of the molecule is C=CCn1c(SCCN2C(=O)CCC2=O)nc2ccccc2c1=O. The molecular weight excluding hydrogens is 326 g/mol. The number of imide groups is 1. The first-order valence-electron chi connectivity index (χ1n) is 7.68. The number of aromatic nitrogens is 2. The predicted octanol–water partition coefficient (Wildman–Crippen LogP) is 1.82. The molecule has 6 nitrogen and oxygen atoms in total. The zero-order chi connectivity index (χ0) is 17.1. The van der Waals surface area contributed by atoms with Crippen LogP contribution in [0.4, 0.5) is 0 Å². The Hall–Kier alpha value is -2.41. The molecule has 2 aromatic rings. The summed E-state index contributed by atoms with van der Waals surface area (Å²) in [6.45, 7) is 4.38. The van der Waals surface area contributed by atoms with E-state index in [1.54, 1.807) is 28.8 Å². The lowest BCUT2D eigenvalue weighted by molar-refractivity contribution is -0.137. The van der Waals surface area contributed by atoms with Crippen molar-refractivity contribution in [1.82, 2.24) is 14.5 Å². The second-order valence-corrected chi connectivity index (χ2v) is 6.47. The van der Waals surface area contributed by atoms with Gasteiger partial charge in [0.2, 0.25) is 11.8 Å². The summed E-state index contributed by atoms with van der Waals surface area (Å²) >= 11 is 1.36. The predicted molar refractivity (Wildman–Crippen MR) is 92.9 cm³/mol. The summed E-state index contributed by atoms with van der Waals surface area (Å²) in [5, 5.41) is 1.13. The van der Waals surface area contributed by atoms with E-state index in [-0.39, 0.29) is 17.4 Å². The summed E-state index contributed by atoms with van der Waals surface area (Å²) in [5.41, 5.74) is 0.523. The van der Waals surface area contributed by atoms with Crippen LogP contribution < -0.4 is 5.56 Å². The van der Waals surface area contributed by atoms with E-state index in [9.17, 15) is 14.4 Å². The van der Waals surface area contributed by atoms with Crippen molar-refractivity contribution in [2.24, 2.45) is 0 Å². The van der Waals surface area contributed by atoms with Crippen molar-refractivity contribution in [2.45, 2.75) is 24.5 Å². The van der Waals surface area contributed by atoms with Crippen molar-refractivity contribution in [1.29, 1.82) is 0 Å². The molecule has 0 aliphatic carbocycles. The Balaban J connectivity index is 1.84. The number of nitrogens with zero attached hydrogens (tertiary/aromatic N) is 3. The molecule has 1 aliphatic rings. The molecule has 24 heavy (non-hydrogen) atoms. The van der Waals surface area contributed by atoms with Gasteiger partial charge >= 0.3 is 0 Å². The highest BCUT2D eigenvalue weighted by Gasteiger charge is 2.28. The summed E-state index contributed by atoms with van der Waals surface area (Å²) in [5.74, 6) is 0.241. The number of para-hydroxylation sites is 1. The maximum absolute atomic E-state index is 12.6. The summed E-state index contributed by atoms with van der Waals surface area (Å²) in [4.78, 5) is 41.7. The van der Waals surface area contributed by atoms with Crippen molar-refractivity contribution in [3.63, 3.8) is 0 Å². The van der Waals surface area contributed by atoms with Crippen LogP contribution in [0.5, 0.6) is 0 Å². The first kappa shape index (κ1) is 16.4. The van der Waals surface area contributed by atoms with Gasteiger partial charge in [-0.3, -0.25) is 23.9 Å². The van der Waals surface area contributed by atoms with Gasteiger partial charge in [-0.1, -0.05) is 30.0 Å². The fraction of sp³-hybridized carbons (Fsp3) is 0.294. The first-order valence-corrected chi connectivity index (χ1v) is 8.67. The Labute approximate surface area is 143 Å². The lowest BCUT2D eigenvalue weighted by Crippen LogP contribution is -2.31. The summed E-state index contributed by atoms with van der Waals surface area (Å²) < 4.78 is 1.56. The fourth-order valence-corrected chi connectivity index (χ4v) is 3.58. The van der Waals surface area contributed by atoms with Crippen LogP contribution in [0.1, 0.15) is 12.8 Å². The molecule has 2 heterocycles. The molecule has 0 N–H and O–H groups in total. The van der Waals surface area contributed by atoms with Crippen molar-refractivity contribution in [3.05, 3.63) is 47.3 Å². The van der Waals surface area contributed by atoms with E-state index in [4.69, 9.17) is 0 Å². The summed E-state index contributed by atoms with van der Waals surface area (Å²) in [7, 11) is 0. The second-order valence-electron chi connectivity index (χ2n) is 5.40. The fourth-order valence-electron chi connectivity index (χ4n) is 2.65. The van der Waals surface area contributed by atoms with Crippen molar-refractivity contribution < 1.29 is 9.59 Å². The van der Waals surface area contributed by atoms with E-state index in [0.717, 1.165) is 0 Å². The standard InChI is InChI=1S/C17H17N3O3S/c1-2-9-20-16(23)12-5-3-4-6-13(12)18-17(20)24-11-10-19-14(21)7-8-15(19)22/h2-6H,1,7-11H2.